The van der Waals surface area contributed by atoms with Crippen molar-refractivity contribution in [1.29, 1.82) is 0 Å². The summed E-state index contributed by atoms with van der Waals surface area (Å²) in [6.45, 7) is 13.1. The van der Waals surface area contributed by atoms with Gasteiger partial charge in [0.25, 0.3) is 0 Å². The van der Waals surface area contributed by atoms with Crippen LogP contribution in [0.15, 0.2) is 18.2 Å². The van der Waals surface area contributed by atoms with Gasteiger partial charge in [-0.05, 0) is 34.4 Å². The molecule has 16 heavy (non-hydrogen) atoms. The van der Waals surface area contributed by atoms with E-state index in [1.54, 1.807) is 0 Å². The molecule has 90 valence electrons. The minimum absolute atomic E-state index is 0.00201. The van der Waals surface area contributed by atoms with Crippen molar-refractivity contribution < 1.29 is 5.11 Å². The summed E-state index contributed by atoms with van der Waals surface area (Å²) in [5, 5.41) is 9.87. The monoisotopic (exact) mass is 220 g/mol. The van der Waals surface area contributed by atoms with Crippen LogP contribution in [-0.4, -0.2) is 5.11 Å². The molecule has 0 aliphatic heterocycles. The zero-order valence-corrected chi connectivity index (χ0v) is 11.4. The predicted octanol–water partition coefficient (Wildman–Crippen LogP) is 4.28. The molecule has 0 atom stereocenters. The Labute approximate surface area is 99.5 Å². The Hall–Kier alpha value is -0.980. The Bertz CT molecular complexity index is 364. The molecule has 0 aliphatic rings. The Morgan fingerprint density at radius 3 is 2.00 bits per heavy atom. The number of benzene rings is 1. The fraction of sp³-hybridized carbons (Fsp3) is 0.600. The second kappa shape index (κ2) is 4.12. The van der Waals surface area contributed by atoms with E-state index < -0.39 is 0 Å². The minimum atomic E-state index is -0.00201. The van der Waals surface area contributed by atoms with E-state index in [1.807, 2.05) is 12.1 Å². The molecule has 0 heterocycles. The van der Waals surface area contributed by atoms with Crippen LogP contribution in [0.25, 0.3) is 0 Å². The van der Waals surface area contributed by atoms with Crippen molar-refractivity contribution in [2.45, 2.75) is 53.4 Å². The molecular weight excluding hydrogens is 196 g/mol. The molecule has 0 radical (unpaired) electrons. The normalized spacial score (nSPS) is 12.9. The van der Waals surface area contributed by atoms with E-state index >= 15 is 0 Å². The third kappa shape index (κ3) is 3.55. The quantitative estimate of drug-likeness (QED) is 0.749. The molecule has 0 aliphatic carbocycles. The lowest BCUT2D eigenvalue weighted by molar-refractivity contribution is 0.408. The average Bonchev–Trinajstić information content (AvgIpc) is 2.04. The fourth-order valence-electron chi connectivity index (χ4n) is 1.91. The number of phenolic OH excluding ortho intramolecular Hbond substituents is 1. The van der Waals surface area contributed by atoms with Gasteiger partial charge in [-0.25, -0.2) is 0 Å². The summed E-state index contributed by atoms with van der Waals surface area (Å²) in [6.07, 6.45) is 1.04. The fourth-order valence-corrected chi connectivity index (χ4v) is 1.91. The van der Waals surface area contributed by atoms with Gasteiger partial charge in [0.1, 0.15) is 5.75 Å². The molecule has 0 bridgehead atoms. The van der Waals surface area contributed by atoms with Gasteiger partial charge < -0.3 is 5.11 Å². The van der Waals surface area contributed by atoms with Crippen molar-refractivity contribution >= 4 is 0 Å². The Balaban J connectivity index is 3.09. The number of rotatable bonds is 1. The molecule has 0 fully saturated rings. The standard InChI is InChI=1S/C15H24O/c1-14(2,3)10-11-7-8-13(16)12(9-11)15(4,5)6/h7-9,16H,10H2,1-6H3. The smallest absolute Gasteiger partial charge is 0.119 e. The highest BCUT2D eigenvalue weighted by molar-refractivity contribution is 5.40. The molecule has 0 saturated heterocycles. The predicted molar refractivity (Wildman–Crippen MR) is 70.0 cm³/mol. The first-order valence-electron chi connectivity index (χ1n) is 5.92. The molecule has 1 aromatic rings. The minimum Gasteiger partial charge on any atom is -0.508 e. The van der Waals surface area contributed by atoms with Crippen molar-refractivity contribution in [2.75, 3.05) is 0 Å². The molecule has 1 rings (SSSR count). The van der Waals surface area contributed by atoms with Crippen LogP contribution < -0.4 is 0 Å². The number of aromatic hydroxyl groups is 1. The maximum absolute atomic E-state index is 9.87. The largest absolute Gasteiger partial charge is 0.508 e. The van der Waals surface area contributed by atoms with E-state index in [4.69, 9.17) is 0 Å². The Kier molecular flexibility index (Phi) is 3.37. The lowest BCUT2D eigenvalue weighted by Crippen LogP contribution is -2.14. The molecule has 1 nitrogen and oxygen atoms in total. The molecule has 0 amide bonds. The third-order valence-electron chi connectivity index (χ3n) is 2.60. The van der Waals surface area contributed by atoms with Gasteiger partial charge in [-0.2, -0.15) is 0 Å². The molecule has 0 spiro atoms. The first-order valence-corrected chi connectivity index (χ1v) is 5.92. The highest BCUT2D eigenvalue weighted by atomic mass is 16.3. The Morgan fingerprint density at radius 2 is 1.56 bits per heavy atom. The summed E-state index contributed by atoms with van der Waals surface area (Å²) >= 11 is 0. The summed E-state index contributed by atoms with van der Waals surface area (Å²) in [5.74, 6) is 0.408. The van der Waals surface area contributed by atoms with Crippen molar-refractivity contribution in [2.24, 2.45) is 5.41 Å². The summed E-state index contributed by atoms with van der Waals surface area (Å²) in [6, 6.07) is 5.98. The van der Waals surface area contributed by atoms with Crippen LogP contribution in [0.3, 0.4) is 0 Å². The van der Waals surface area contributed by atoms with Crippen LogP contribution in [0.4, 0.5) is 0 Å². The van der Waals surface area contributed by atoms with Crippen molar-refractivity contribution in [3.63, 3.8) is 0 Å². The highest BCUT2D eigenvalue weighted by Crippen LogP contribution is 2.32. The lowest BCUT2D eigenvalue weighted by atomic mass is 9.82. The lowest BCUT2D eigenvalue weighted by Gasteiger charge is -2.23. The van der Waals surface area contributed by atoms with E-state index in [-0.39, 0.29) is 10.8 Å². The van der Waals surface area contributed by atoms with Gasteiger partial charge in [-0.15, -0.1) is 0 Å². The first kappa shape index (κ1) is 13.1. The van der Waals surface area contributed by atoms with E-state index in [0.717, 1.165) is 12.0 Å². The highest BCUT2D eigenvalue weighted by Gasteiger charge is 2.19. The zero-order valence-electron chi connectivity index (χ0n) is 11.4. The molecule has 0 saturated carbocycles. The first-order chi connectivity index (χ1) is 7.09. The van der Waals surface area contributed by atoms with Crippen LogP contribution in [-0.2, 0) is 11.8 Å². The molecule has 1 aromatic carbocycles. The Morgan fingerprint density at radius 1 is 1.00 bits per heavy atom. The van der Waals surface area contributed by atoms with Crippen LogP contribution in [0.1, 0.15) is 52.7 Å². The SMILES string of the molecule is CC(C)(C)Cc1ccc(O)c(C(C)(C)C)c1. The van der Waals surface area contributed by atoms with Crippen molar-refractivity contribution in [1.82, 2.24) is 0 Å². The van der Waals surface area contributed by atoms with Crippen LogP contribution in [0.2, 0.25) is 0 Å². The molecule has 1 heteroatoms. The van der Waals surface area contributed by atoms with Crippen LogP contribution >= 0.6 is 0 Å². The van der Waals surface area contributed by atoms with Gasteiger partial charge in [0.15, 0.2) is 0 Å². The molecule has 0 aromatic heterocycles. The third-order valence-corrected chi connectivity index (χ3v) is 2.60. The van der Waals surface area contributed by atoms with Gasteiger partial charge in [0.05, 0.1) is 0 Å². The van der Waals surface area contributed by atoms with Crippen molar-refractivity contribution in [3.05, 3.63) is 29.3 Å². The second-order valence-electron chi connectivity index (χ2n) is 6.84. The van der Waals surface area contributed by atoms with E-state index in [2.05, 4.69) is 47.6 Å². The second-order valence-corrected chi connectivity index (χ2v) is 6.84. The zero-order chi connectivity index (χ0) is 12.6. The molecule has 0 unspecified atom stereocenters. The summed E-state index contributed by atoms with van der Waals surface area (Å²) in [5.41, 5.74) is 2.62. The topological polar surface area (TPSA) is 20.2 Å². The maximum Gasteiger partial charge on any atom is 0.119 e. The van der Waals surface area contributed by atoms with Crippen LogP contribution in [0, 0.1) is 5.41 Å². The summed E-state index contributed by atoms with van der Waals surface area (Å²) in [7, 11) is 0. The number of hydrogen-bond donors (Lipinski definition) is 1. The van der Waals surface area contributed by atoms with Gasteiger partial charge >= 0.3 is 0 Å². The summed E-state index contributed by atoms with van der Waals surface area (Å²) in [4.78, 5) is 0. The van der Waals surface area contributed by atoms with Gasteiger partial charge in [-0.3, -0.25) is 0 Å². The van der Waals surface area contributed by atoms with Gasteiger partial charge in [0, 0.05) is 0 Å². The summed E-state index contributed by atoms with van der Waals surface area (Å²) < 4.78 is 0. The van der Waals surface area contributed by atoms with Gasteiger partial charge in [-0.1, -0.05) is 53.7 Å². The average molecular weight is 220 g/mol. The number of hydrogen-bond acceptors (Lipinski definition) is 1. The van der Waals surface area contributed by atoms with E-state index in [0.29, 0.717) is 5.75 Å². The maximum atomic E-state index is 9.87. The van der Waals surface area contributed by atoms with Crippen LogP contribution in [0.5, 0.6) is 5.75 Å². The van der Waals surface area contributed by atoms with E-state index in [9.17, 15) is 5.11 Å². The number of phenols is 1. The van der Waals surface area contributed by atoms with E-state index in [1.165, 1.54) is 5.56 Å². The van der Waals surface area contributed by atoms with Gasteiger partial charge in [0.2, 0.25) is 0 Å². The molecular formula is C15H24O. The molecule has 1 N–H and O–H groups in total. The van der Waals surface area contributed by atoms with Crippen molar-refractivity contribution in [3.8, 4) is 5.75 Å².